The molecule has 1 aromatic heterocycles. The van der Waals surface area contributed by atoms with Crippen molar-refractivity contribution >= 4 is 27.5 Å². The fourth-order valence-corrected chi connectivity index (χ4v) is 5.15. The Morgan fingerprint density at radius 2 is 1.78 bits per heavy atom. The van der Waals surface area contributed by atoms with Gasteiger partial charge in [0.2, 0.25) is 0 Å². The highest BCUT2D eigenvalue weighted by Crippen LogP contribution is 2.38. The number of rotatable bonds is 3. The summed E-state index contributed by atoms with van der Waals surface area (Å²) >= 11 is 0. The minimum absolute atomic E-state index is 0.0930. The number of benzene rings is 3. The molecule has 7 heteroatoms. The number of hydrogen-bond donors (Lipinski definition) is 2. The van der Waals surface area contributed by atoms with Crippen LogP contribution in [0.25, 0.3) is 32.8 Å². The Bertz CT molecular complexity index is 1350. The summed E-state index contributed by atoms with van der Waals surface area (Å²) in [5.74, 6) is 0.352. The molecular weight excluding hydrogens is 407 g/mol. The minimum Gasteiger partial charge on any atom is -0.508 e. The standard InChI is InChI=1S/C25H23FN4O2/c1-32-25-28-23-20(24(29-25)30-12-15-6-7-16(13-30)27-15)9-8-19(22(23)26)21-11-17(31)10-14-4-2-3-5-18(14)21/h2-5,8-11,15-16,27,31H,6-7,12-13H2,1H3. The third-order valence-electron chi connectivity index (χ3n) is 6.60. The van der Waals surface area contributed by atoms with E-state index in [1.807, 2.05) is 30.3 Å². The fourth-order valence-electron chi connectivity index (χ4n) is 5.15. The van der Waals surface area contributed by atoms with E-state index in [0.29, 0.717) is 34.4 Å². The first-order valence-electron chi connectivity index (χ1n) is 10.9. The lowest BCUT2D eigenvalue weighted by Crippen LogP contribution is -2.51. The molecule has 2 atom stereocenters. The fraction of sp³-hybridized carbons (Fsp3) is 0.280. The maximum absolute atomic E-state index is 16.0. The molecule has 0 aliphatic carbocycles. The monoisotopic (exact) mass is 430 g/mol. The molecule has 2 aliphatic heterocycles. The highest BCUT2D eigenvalue weighted by atomic mass is 19.1. The van der Waals surface area contributed by atoms with Gasteiger partial charge in [0.1, 0.15) is 17.1 Å². The zero-order valence-corrected chi connectivity index (χ0v) is 17.7. The number of hydrogen-bond acceptors (Lipinski definition) is 6. The molecule has 2 N–H and O–H groups in total. The highest BCUT2D eigenvalue weighted by Gasteiger charge is 2.34. The molecule has 6 nitrogen and oxygen atoms in total. The second-order valence-corrected chi connectivity index (χ2v) is 8.61. The van der Waals surface area contributed by atoms with Gasteiger partial charge in [0, 0.05) is 36.1 Å². The molecule has 2 aliphatic rings. The van der Waals surface area contributed by atoms with Crippen molar-refractivity contribution in [2.24, 2.45) is 0 Å². The van der Waals surface area contributed by atoms with Gasteiger partial charge in [-0.1, -0.05) is 30.3 Å². The van der Waals surface area contributed by atoms with E-state index >= 15 is 4.39 Å². The number of aromatic nitrogens is 2. The molecule has 3 aromatic carbocycles. The van der Waals surface area contributed by atoms with E-state index in [1.165, 1.54) is 7.11 Å². The van der Waals surface area contributed by atoms with E-state index in [1.54, 1.807) is 18.2 Å². The van der Waals surface area contributed by atoms with Gasteiger partial charge < -0.3 is 20.1 Å². The average Bonchev–Trinajstić information content (AvgIpc) is 3.15. The average molecular weight is 430 g/mol. The smallest absolute Gasteiger partial charge is 0.318 e. The Morgan fingerprint density at radius 1 is 1.00 bits per heavy atom. The van der Waals surface area contributed by atoms with Crippen LogP contribution in [0.4, 0.5) is 10.2 Å². The molecular formula is C25H23FN4O2. The zero-order chi connectivity index (χ0) is 21.8. The summed E-state index contributed by atoms with van der Waals surface area (Å²) in [6, 6.07) is 15.5. The number of methoxy groups -OCH3 is 1. The third-order valence-corrected chi connectivity index (χ3v) is 6.60. The van der Waals surface area contributed by atoms with Crippen molar-refractivity contribution < 1.29 is 14.2 Å². The van der Waals surface area contributed by atoms with Crippen LogP contribution in [-0.2, 0) is 0 Å². The van der Waals surface area contributed by atoms with E-state index in [2.05, 4.69) is 20.2 Å². The van der Waals surface area contributed by atoms with Gasteiger partial charge in [-0.15, -0.1) is 0 Å². The van der Waals surface area contributed by atoms with E-state index in [4.69, 9.17) is 4.74 Å². The highest BCUT2D eigenvalue weighted by molar-refractivity contribution is 6.01. The Balaban J connectivity index is 1.56. The van der Waals surface area contributed by atoms with E-state index in [-0.39, 0.29) is 17.3 Å². The van der Waals surface area contributed by atoms with Crippen LogP contribution < -0.4 is 15.0 Å². The molecule has 2 bridgehead atoms. The van der Waals surface area contributed by atoms with Crippen LogP contribution in [0.15, 0.2) is 48.5 Å². The summed E-state index contributed by atoms with van der Waals surface area (Å²) in [6.45, 7) is 1.65. The van der Waals surface area contributed by atoms with Crippen molar-refractivity contribution in [2.45, 2.75) is 24.9 Å². The van der Waals surface area contributed by atoms with Gasteiger partial charge in [-0.3, -0.25) is 0 Å². The Labute approximate surface area is 184 Å². The number of aromatic hydroxyl groups is 1. The van der Waals surface area contributed by atoms with Crippen LogP contribution in [0.2, 0.25) is 0 Å². The Morgan fingerprint density at radius 3 is 2.56 bits per heavy atom. The second-order valence-electron chi connectivity index (χ2n) is 8.61. The van der Waals surface area contributed by atoms with Crippen LogP contribution in [-0.4, -0.2) is 47.4 Å². The predicted octanol–water partition coefficient (Wildman–Crippen LogP) is 4.24. The maximum atomic E-state index is 16.0. The van der Waals surface area contributed by atoms with Crippen LogP contribution in [0.5, 0.6) is 11.8 Å². The van der Waals surface area contributed by atoms with E-state index in [9.17, 15) is 5.11 Å². The van der Waals surface area contributed by atoms with Gasteiger partial charge >= 0.3 is 6.01 Å². The normalized spacial score (nSPS) is 20.2. The van der Waals surface area contributed by atoms with E-state index < -0.39 is 5.82 Å². The number of phenols is 1. The van der Waals surface area contributed by atoms with Crippen molar-refractivity contribution in [3.05, 3.63) is 54.3 Å². The summed E-state index contributed by atoms with van der Waals surface area (Å²) in [5, 5.41) is 16.2. The molecule has 2 fully saturated rings. The van der Waals surface area contributed by atoms with Gasteiger partial charge in [0.25, 0.3) is 0 Å². The Hall–Kier alpha value is -3.45. The number of piperazine rings is 1. The predicted molar refractivity (Wildman–Crippen MR) is 123 cm³/mol. The molecule has 3 heterocycles. The first-order valence-corrected chi connectivity index (χ1v) is 10.9. The first-order chi connectivity index (χ1) is 15.6. The first kappa shape index (κ1) is 19.3. The summed E-state index contributed by atoms with van der Waals surface area (Å²) in [6.07, 6.45) is 2.29. The lowest BCUT2D eigenvalue weighted by atomic mass is 9.96. The second kappa shape index (κ2) is 7.31. The van der Waals surface area contributed by atoms with Gasteiger partial charge in [-0.05, 0) is 47.4 Å². The molecule has 6 rings (SSSR count). The van der Waals surface area contributed by atoms with Crippen LogP contribution >= 0.6 is 0 Å². The summed E-state index contributed by atoms with van der Waals surface area (Å²) < 4.78 is 21.3. The van der Waals surface area contributed by atoms with Gasteiger partial charge in [-0.2, -0.15) is 9.97 Å². The van der Waals surface area contributed by atoms with Crippen LogP contribution in [0, 0.1) is 5.82 Å². The SMILES string of the molecule is COc1nc(N2CC3CCC(C2)N3)c2ccc(-c3cc(O)cc4ccccc34)c(F)c2n1. The molecule has 0 radical (unpaired) electrons. The third kappa shape index (κ3) is 3.04. The van der Waals surface area contributed by atoms with Crippen molar-refractivity contribution in [3.63, 3.8) is 0 Å². The molecule has 0 saturated carbocycles. The number of phenolic OH excluding ortho intramolecular Hbond substituents is 1. The molecule has 0 amide bonds. The molecule has 32 heavy (non-hydrogen) atoms. The van der Waals surface area contributed by atoms with Crippen molar-refractivity contribution in [2.75, 3.05) is 25.1 Å². The molecule has 2 saturated heterocycles. The summed E-state index contributed by atoms with van der Waals surface area (Å²) in [5.41, 5.74) is 1.23. The number of anilines is 1. The van der Waals surface area contributed by atoms with Gasteiger partial charge in [0.05, 0.1) is 7.11 Å². The van der Waals surface area contributed by atoms with Gasteiger partial charge in [0.15, 0.2) is 5.82 Å². The molecule has 2 unspecified atom stereocenters. The van der Waals surface area contributed by atoms with Crippen LogP contribution in [0.3, 0.4) is 0 Å². The molecule has 162 valence electrons. The quantitative estimate of drug-likeness (QED) is 0.507. The van der Waals surface area contributed by atoms with Crippen molar-refractivity contribution in [1.29, 1.82) is 0 Å². The van der Waals surface area contributed by atoms with Gasteiger partial charge in [-0.25, -0.2) is 4.39 Å². The maximum Gasteiger partial charge on any atom is 0.318 e. The number of ether oxygens (including phenoxy) is 1. The Kier molecular flexibility index (Phi) is 4.40. The number of fused-ring (bicyclic) bond motifs is 4. The number of halogens is 1. The van der Waals surface area contributed by atoms with Crippen molar-refractivity contribution in [1.82, 2.24) is 15.3 Å². The number of nitrogens with zero attached hydrogens (tertiary/aromatic N) is 3. The minimum atomic E-state index is -0.446. The molecule has 4 aromatic rings. The van der Waals surface area contributed by atoms with Crippen LogP contribution in [0.1, 0.15) is 12.8 Å². The summed E-state index contributed by atoms with van der Waals surface area (Å²) in [7, 11) is 1.50. The lowest BCUT2D eigenvalue weighted by Gasteiger charge is -2.34. The van der Waals surface area contributed by atoms with Crippen molar-refractivity contribution in [3.8, 4) is 22.9 Å². The summed E-state index contributed by atoms with van der Waals surface area (Å²) in [4.78, 5) is 11.2. The number of nitrogens with one attached hydrogen (secondary N) is 1. The largest absolute Gasteiger partial charge is 0.508 e. The zero-order valence-electron chi connectivity index (χ0n) is 17.7. The topological polar surface area (TPSA) is 70.5 Å². The van der Waals surface area contributed by atoms with E-state index in [0.717, 1.165) is 36.7 Å². The molecule has 0 spiro atoms. The lowest BCUT2D eigenvalue weighted by molar-refractivity contribution is 0.380.